The second-order valence-corrected chi connectivity index (χ2v) is 8.06. The van der Waals surface area contributed by atoms with Crippen LogP contribution in [0.1, 0.15) is 37.7 Å². The van der Waals surface area contributed by atoms with Gasteiger partial charge >= 0.3 is 0 Å². The summed E-state index contributed by atoms with van der Waals surface area (Å²) in [5.41, 5.74) is 2.00. The summed E-state index contributed by atoms with van der Waals surface area (Å²) in [6.07, 6.45) is 8.58. The fraction of sp³-hybridized carbons (Fsp3) is 0.500. The Morgan fingerprint density at radius 2 is 2.10 bits per heavy atom. The molecule has 1 aliphatic heterocycles. The van der Waals surface area contributed by atoms with Crippen molar-refractivity contribution in [1.29, 1.82) is 0 Å². The molecule has 7 nitrogen and oxygen atoms in total. The molecule has 7 heteroatoms. The van der Waals surface area contributed by atoms with E-state index in [0.29, 0.717) is 19.1 Å². The number of carbonyl (C=O) groups is 2. The second-order valence-electron chi connectivity index (χ2n) is 8.06. The van der Waals surface area contributed by atoms with Crippen molar-refractivity contribution in [2.45, 2.75) is 50.7 Å². The summed E-state index contributed by atoms with van der Waals surface area (Å²) in [6, 6.07) is 9.98. The van der Waals surface area contributed by atoms with Gasteiger partial charge in [0.25, 0.3) is 0 Å². The molecule has 0 spiro atoms. The van der Waals surface area contributed by atoms with Crippen molar-refractivity contribution in [3.8, 4) is 5.69 Å². The number of amides is 2. The van der Waals surface area contributed by atoms with Gasteiger partial charge in [0, 0.05) is 45.1 Å². The zero-order chi connectivity index (χ0) is 20.2. The predicted octanol–water partition coefficient (Wildman–Crippen LogP) is 1.96. The van der Waals surface area contributed by atoms with Crippen molar-refractivity contribution in [3.05, 3.63) is 48.3 Å². The van der Waals surface area contributed by atoms with Gasteiger partial charge < -0.3 is 10.2 Å². The third-order valence-electron chi connectivity index (χ3n) is 6.06. The van der Waals surface area contributed by atoms with Crippen LogP contribution in [0, 0.1) is 0 Å². The first-order chi connectivity index (χ1) is 14.1. The number of benzene rings is 1. The second kappa shape index (κ2) is 8.78. The van der Waals surface area contributed by atoms with E-state index in [-0.39, 0.29) is 24.3 Å². The molecule has 1 unspecified atom stereocenters. The highest BCUT2D eigenvalue weighted by atomic mass is 16.2. The van der Waals surface area contributed by atoms with Crippen molar-refractivity contribution in [2.24, 2.45) is 0 Å². The number of hydrogen-bond donors (Lipinski definition) is 1. The number of nitrogens with zero attached hydrogens (tertiary/aromatic N) is 4. The summed E-state index contributed by atoms with van der Waals surface area (Å²) < 4.78 is 1.80. The number of nitrogens with one attached hydrogen (secondary N) is 1. The largest absolute Gasteiger partial charge is 0.353 e. The first-order valence-corrected chi connectivity index (χ1v) is 10.5. The molecule has 1 atom stereocenters. The molecule has 2 heterocycles. The van der Waals surface area contributed by atoms with Gasteiger partial charge in [0.15, 0.2) is 0 Å². The van der Waals surface area contributed by atoms with E-state index < -0.39 is 0 Å². The van der Waals surface area contributed by atoms with Crippen molar-refractivity contribution >= 4 is 11.8 Å². The normalized spacial score (nSPS) is 20.6. The Kier molecular flexibility index (Phi) is 5.94. The van der Waals surface area contributed by atoms with Crippen LogP contribution in [0.5, 0.6) is 0 Å². The van der Waals surface area contributed by atoms with Gasteiger partial charge in [0.2, 0.25) is 11.8 Å². The van der Waals surface area contributed by atoms with E-state index in [9.17, 15) is 9.59 Å². The van der Waals surface area contributed by atoms with Gasteiger partial charge in [-0.25, -0.2) is 4.68 Å². The van der Waals surface area contributed by atoms with E-state index >= 15 is 0 Å². The lowest BCUT2D eigenvalue weighted by Crippen LogP contribution is -2.59. The van der Waals surface area contributed by atoms with E-state index in [1.165, 1.54) is 12.8 Å². The molecule has 1 aliphatic carbocycles. The average molecular weight is 396 g/mol. The zero-order valence-corrected chi connectivity index (χ0v) is 17.0. The summed E-state index contributed by atoms with van der Waals surface area (Å²) >= 11 is 0. The summed E-state index contributed by atoms with van der Waals surface area (Å²) in [5.74, 6) is -0.00915. The Balaban J connectivity index is 1.41. The maximum atomic E-state index is 12.9. The highest BCUT2D eigenvalue weighted by Crippen LogP contribution is 2.27. The van der Waals surface area contributed by atoms with Crippen molar-refractivity contribution < 1.29 is 9.59 Å². The molecule has 2 fully saturated rings. The SMILES string of the molecule is CN(Cc1cccc(-n2cccn2)c1)C(=O)CC1C(=O)NCCN1C1CCCC1. The molecule has 1 N–H and O–H groups in total. The monoisotopic (exact) mass is 395 g/mol. The highest BCUT2D eigenvalue weighted by molar-refractivity contribution is 5.88. The molecule has 154 valence electrons. The predicted molar refractivity (Wildman–Crippen MR) is 110 cm³/mol. The van der Waals surface area contributed by atoms with Crippen LogP contribution in [-0.2, 0) is 16.1 Å². The molecule has 2 aromatic rings. The molecule has 1 saturated carbocycles. The molecule has 2 aliphatic rings. The first-order valence-electron chi connectivity index (χ1n) is 10.5. The minimum absolute atomic E-state index is 0.000427. The summed E-state index contributed by atoms with van der Waals surface area (Å²) in [4.78, 5) is 29.5. The lowest BCUT2D eigenvalue weighted by atomic mass is 10.0. The van der Waals surface area contributed by atoms with Crippen LogP contribution in [0.4, 0.5) is 0 Å². The number of rotatable bonds is 6. The van der Waals surface area contributed by atoms with E-state index in [1.807, 2.05) is 43.6 Å². The first kappa shape index (κ1) is 19.6. The lowest BCUT2D eigenvalue weighted by molar-refractivity contribution is -0.139. The Labute approximate surface area is 171 Å². The molecule has 4 rings (SSSR count). The smallest absolute Gasteiger partial charge is 0.237 e. The molecule has 0 radical (unpaired) electrons. The van der Waals surface area contributed by atoms with Gasteiger partial charge in [-0.15, -0.1) is 0 Å². The average Bonchev–Trinajstić information content (AvgIpc) is 3.44. The molecule has 0 bridgehead atoms. The van der Waals surface area contributed by atoms with Gasteiger partial charge in [0.05, 0.1) is 18.2 Å². The molecular formula is C22H29N5O2. The fourth-order valence-electron chi connectivity index (χ4n) is 4.52. The molecule has 2 amide bonds. The maximum Gasteiger partial charge on any atom is 0.237 e. The number of hydrogen-bond acceptors (Lipinski definition) is 4. The van der Waals surface area contributed by atoms with Crippen molar-refractivity contribution in [1.82, 2.24) is 24.9 Å². The van der Waals surface area contributed by atoms with E-state index in [0.717, 1.165) is 30.6 Å². The van der Waals surface area contributed by atoms with Crippen LogP contribution >= 0.6 is 0 Å². The third kappa shape index (κ3) is 4.50. The van der Waals surface area contributed by atoms with Gasteiger partial charge in [-0.05, 0) is 36.6 Å². The van der Waals surface area contributed by atoms with Gasteiger partial charge in [-0.2, -0.15) is 5.10 Å². The van der Waals surface area contributed by atoms with E-state index in [1.54, 1.807) is 15.8 Å². The molecule has 29 heavy (non-hydrogen) atoms. The molecular weight excluding hydrogens is 366 g/mol. The summed E-state index contributed by atoms with van der Waals surface area (Å²) in [7, 11) is 1.81. The number of aromatic nitrogens is 2. The van der Waals surface area contributed by atoms with Crippen molar-refractivity contribution in [2.75, 3.05) is 20.1 Å². The van der Waals surface area contributed by atoms with Crippen LogP contribution in [-0.4, -0.2) is 63.6 Å². The minimum atomic E-state index is -0.350. The van der Waals surface area contributed by atoms with Crippen LogP contribution in [0.2, 0.25) is 0 Å². The van der Waals surface area contributed by atoms with E-state index in [4.69, 9.17) is 0 Å². The van der Waals surface area contributed by atoms with Crippen LogP contribution in [0.15, 0.2) is 42.7 Å². The molecule has 1 saturated heterocycles. The lowest BCUT2D eigenvalue weighted by Gasteiger charge is -2.39. The number of carbonyl (C=O) groups excluding carboxylic acids is 2. The molecule has 1 aromatic carbocycles. The Bertz CT molecular complexity index is 845. The quantitative estimate of drug-likeness (QED) is 0.812. The zero-order valence-electron chi connectivity index (χ0n) is 17.0. The van der Waals surface area contributed by atoms with Gasteiger partial charge in [-0.3, -0.25) is 14.5 Å². The topological polar surface area (TPSA) is 70.5 Å². The van der Waals surface area contributed by atoms with E-state index in [2.05, 4.69) is 15.3 Å². The minimum Gasteiger partial charge on any atom is -0.353 e. The van der Waals surface area contributed by atoms with Crippen LogP contribution < -0.4 is 5.32 Å². The summed E-state index contributed by atoms with van der Waals surface area (Å²) in [6.45, 7) is 2.02. The standard InChI is InChI=1S/C22H29N5O2/c1-25(16-17-6-4-9-19(14-17)27-12-5-10-24-27)21(28)15-20-22(29)23-11-13-26(20)18-7-2-3-8-18/h4-6,9-10,12,14,18,20H,2-3,7-8,11,13,15-16H2,1H3,(H,23,29). The fourth-order valence-corrected chi connectivity index (χ4v) is 4.52. The third-order valence-corrected chi connectivity index (χ3v) is 6.06. The highest BCUT2D eigenvalue weighted by Gasteiger charge is 2.37. The number of piperazine rings is 1. The van der Waals surface area contributed by atoms with Gasteiger partial charge in [-0.1, -0.05) is 25.0 Å². The Hall–Kier alpha value is -2.67. The Morgan fingerprint density at radius 3 is 2.86 bits per heavy atom. The van der Waals surface area contributed by atoms with Crippen molar-refractivity contribution in [3.63, 3.8) is 0 Å². The van der Waals surface area contributed by atoms with Crippen LogP contribution in [0.25, 0.3) is 5.69 Å². The maximum absolute atomic E-state index is 12.9. The van der Waals surface area contributed by atoms with Gasteiger partial charge in [0.1, 0.15) is 0 Å². The Morgan fingerprint density at radius 1 is 1.28 bits per heavy atom. The summed E-state index contributed by atoms with van der Waals surface area (Å²) in [5, 5.41) is 7.20. The molecule has 1 aromatic heterocycles. The van der Waals surface area contributed by atoms with Crippen LogP contribution in [0.3, 0.4) is 0 Å².